The normalized spacial score (nSPS) is 29.9. The molecule has 26 heavy (non-hydrogen) atoms. The van der Waals surface area contributed by atoms with Crippen LogP contribution in [0.1, 0.15) is 13.9 Å². The molecule has 0 saturated carbocycles. The average molecular weight is 371 g/mol. The summed E-state index contributed by atoms with van der Waals surface area (Å²) in [6.07, 6.45) is -5.97. The van der Waals surface area contributed by atoms with Crippen LogP contribution in [0.15, 0.2) is 24.3 Å². The summed E-state index contributed by atoms with van der Waals surface area (Å²) < 4.78 is 23.2. The lowest BCUT2D eigenvalue weighted by molar-refractivity contribution is -0.300. The monoisotopic (exact) mass is 371 g/mol. The Hall–Kier alpha value is -2.17. The molecule has 0 radical (unpaired) electrons. The van der Waals surface area contributed by atoms with Gasteiger partial charge in [-0.25, -0.2) is 4.79 Å². The number of aliphatic hydroxyl groups is 3. The summed E-state index contributed by atoms with van der Waals surface area (Å²) >= 11 is 0. The fraction of sp³-hybridized carbons (Fsp3) is 0.471. The molecule has 9 heteroatoms. The van der Waals surface area contributed by atoms with Crippen molar-refractivity contribution in [2.75, 3.05) is 13.2 Å². The van der Waals surface area contributed by atoms with Gasteiger partial charge in [0.1, 0.15) is 31.0 Å². The van der Waals surface area contributed by atoms with Crippen molar-refractivity contribution in [3.8, 4) is 11.5 Å². The standard InChI is InChI=1S/C17H22O9/c1-2-24-17-16(23)15(22)14(21)12(26-17)8-25-13(20)6-4-9-3-5-10(18)11(19)7-9/h3-7,12,14-19,21-23H,2,8H2,1H3/b6-4+/t12-,14-,15+,16-,17?/m1/s1/i4D. The van der Waals surface area contributed by atoms with E-state index in [1.165, 1.54) is 12.1 Å². The van der Waals surface area contributed by atoms with E-state index in [1.54, 1.807) is 6.92 Å². The summed E-state index contributed by atoms with van der Waals surface area (Å²) in [4.78, 5) is 11.9. The lowest BCUT2D eigenvalue weighted by atomic mass is 9.99. The van der Waals surface area contributed by atoms with Gasteiger partial charge in [-0.15, -0.1) is 0 Å². The Morgan fingerprint density at radius 1 is 1.23 bits per heavy atom. The number of benzene rings is 1. The smallest absolute Gasteiger partial charge is 0.330 e. The summed E-state index contributed by atoms with van der Waals surface area (Å²) in [5.74, 6) is -1.72. The Bertz CT molecular complexity index is 693. The van der Waals surface area contributed by atoms with Crippen LogP contribution in [0.5, 0.6) is 11.5 Å². The van der Waals surface area contributed by atoms with Crippen molar-refractivity contribution in [3.63, 3.8) is 0 Å². The Morgan fingerprint density at radius 3 is 2.62 bits per heavy atom. The van der Waals surface area contributed by atoms with Gasteiger partial charge in [0.25, 0.3) is 0 Å². The van der Waals surface area contributed by atoms with E-state index in [-0.39, 0.29) is 24.0 Å². The van der Waals surface area contributed by atoms with E-state index < -0.39 is 49.0 Å². The van der Waals surface area contributed by atoms with Gasteiger partial charge in [-0.1, -0.05) is 6.07 Å². The van der Waals surface area contributed by atoms with Crippen LogP contribution < -0.4 is 0 Å². The molecule has 1 aromatic carbocycles. The fourth-order valence-electron chi connectivity index (χ4n) is 2.32. The van der Waals surface area contributed by atoms with Crippen LogP contribution in [0.2, 0.25) is 0 Å². The topological polar surface area (TPSA) is 146 Å². The Labute approximate surface area is 151 Å². The summed E-state index contributed by atoms with van der Waals surface area (Å²) in [7, 11) is 0. The van der Waals surface area contributed by atoms with Crippen molar-refractivity contribution < 1.29 is 45.9 Å². The molecular formula is C17H22O9. The van der Waals surface area contributed by atoms with E-state index in [2.05, 4.69) is 0 Å². The van der Waals surface area contributed by atoms with Crippen molar-refractivity contribution in [1.29, 1.82) is 0 Å². The first-order valence-corrected chi connectivity index (χ1v) is 7.93. The number of carbonyl (C=O) groups excluding carboxylic acids is 1. The van der Waals surface area contributed by atoms with Crippen LogP contribution in [0.3, 0.4) is 0 Å². The van der Waals surface area contributed by atoms with E-state index >= 15 is 0 Å². The highest BCUT2D eigenvalue weighted by molar-refractivity contribution is 5.87. The van der Waals surface area contributed by atoms with Gasteiger partial charge < -0.3 is 39.7 Å². The van der Waals surface area contributed by atoms with E-state index in [1.807, 2.05) is 0 Å². The number of ether oxygens (including phenoxy) is 3. The molecule has 0 amide bonds. The van der Waals surface area contributed by atoms with Crippen LogP contribution in [0.4, 0.5) is 0 Å². The average Bonchev–Trinajstić information content (AvgIpc) is 2.63. The van der Waals surface area contributed by atoms with Gasteiger partial charge in [-0.05, 0) is 30.7 Å². The van der Waals surface area contributed by atoms with Gasteiger partial charge in [0.2, 0.25) is 0 Å². The van der Waals surface area contributed by atoms with Crippen molar-refractivity contribution in [3.05, 3.63) is 29.8 Å². The van der Waals surface area contributed by atoms with Crippen molar-refractivity contribution in [2.45, 2.75) is 37.6 Å². The molecule has 1 aliphatic heterocycles. The van der Waals surface area contributed by atoms with Gasteiger partial charge >= 0.3 is 5.97 Å². The maximum Gasteiger partial charge on any atom is 0.330 e. The number of phenolic OH excluding ortho intramolecular Hbond substituents is 2. The van der Waals surface area contributed by atoms with Crippen molar-refractivity contribution in [1.82, 2.24) is 0 Å². The lowest BCUT2D eigenvalue weighted by Crippen LogP contribution is -2.59. The molecule has 0 bridgehead atoms. The SMILES string of the molecule is [2H]/C(=C\C(=O)OC[C@H]1OC(OCC)[C@H](O)[C@@H](O)[C@@H]1O)c1ccc(O)c(O)c1. The van der Waals surface area contributed by atoms with Gasteiger partial charge in [-0.3, -0.25) is 0 Å². The van der Waals surface area contributed by atoms with Gasteiger partial charge in [0.15, 0.2) is 17.8 Å². The molecule has 9 nitrogen and oxygen atoms in total. The molecule has 0 aromatic heterocycles. The summed E-state index contributed by atoms with van der Waals surface area (Å²) in [6, 6.07) is 3.34. The molecule has 0 spiro atoms. The molecule has 1 aliphatic rings. The number of phenols is 2. The highest BCUT2D eigenvalue weighted by Crippen LogP contribution is 2.25. The summed E-state index contributed by atoms with van der Waals surface area (Å²) in [5, 5.41) is 48.2. The third-order valence-electron chi connectivity index (χ3n) is 3.72. The highest BCUT2D eigenvalue weighted by Gasteiger charge is 2.44. The Kier molecular flexibility index (Phi) is 6.42. The molecular weight excluding hydrogens is 348 g/mol. The second-order valence-corrected chi connectivity index (χ2v) is 5.59. The minimum atomic E-state index is -1.54. The number of esters is 1. The van der Waals surface area contributed by atoms with Crippen LogP contribution in [0, 0.1) is 0 Å². The van der Waals surface area contributed by atoms with Gasteiger partial charge in [0.05, 0.1) is 1.37 Å². The molecule has 1 fully saturated rings. The van der Waals surface area contributed by atoms with Crippen molar-refractivity contribution >= 4 is 12.0 Å². The van der Waals surface area contributed by atoms with Crippen LogP contribution in [-0.2, 0) is 19.0 Å². The first kappa shape index (κ1) is 18.6. The minimum absolute atomic E-state index is 0.172. The minimum Gasteiger partial charge on any atom is -0.504 e. The zero-order valence-electron chi connectivity index (χ0n) is 15.0. The lowest BCUT2D eigenvalue weighted by Gasteiger charge is -2.39. The molecule has 144 valence electrons. The highest BCUT2D eigenvalue weighted by atomic mass is 16.7. The predicted molar refractivity (Wildman–Crippen MR) is 88.1 cm³/mol. The maximum absolute atomic E-state index is 11.9. The Morgan fingerprint density at radius 2 is 1.96 bits per heavy atom. The quantitative estimate of drug-likeness (QED) is 0.254. The number of hydrogen-bond acceptors (Lipinski definition) is 9. The number of rotatable bonds is 6. The summed E-state index contributed by atoms with van der Waals surface area (Å²) in [5.41, 5.74) is 0.172. The first-order valence-electron chi connectivity index (χ1n) is 8.43. The van der Waals surface area contributed by atoms with Crippen LogP contribution >= 0.6 is 0 Å². The predicted octanol–water partition coefficient (Wildman–Crippen LogP) is -0.502. The van der Waals surface area contributed by atoms with E-state index in [9.17, 15) is 30.3 Å². The van der Waals surface area contributed by atoms with Gasteiger partial charge in [-0.2, -0.15) is 0 Å². The van der Waals surface area contributed by atoms with E-state index in [4.69, 9.17) is 15.6 Å². The van der Waals surface area contributed by atoms with Gasteiger partial charge in [0, 0.05) is 12.7 Å². The third kappa shape index (κ3) is 4.93. The first-order chi connectivity index (χ1) is 12.7. The molecule has 5 atom stereocenters. The zero-order valence-corrected chi connectivity index (χ0v) is 14.0. The molecule has 2 rings (SSSR count). The van der Waals surface area contributed by atoms with Crippen molar-refractivity contribution in [2.24, 2.45) is 0 Å². The molecule has 1 saturated heterocycles. The number of hydrogen-bond donors (Lipinski definition) is 5. The molecule has 1 unspecified atom stereocenters. The van der Waals surface area contributed by atoms with Crippen LogP contribution in [0.25, 0.3) is 6.05 Å². The third-order valence-corrected chi connectivity index (χ3v) is 3.72. The molecule has 5 N–H and O–H groups in total. The second kappa shape index (κ2) is 8.97. The second-order valence-electron chi connectivity index (χ2n) is 5.59. The zero-order chi connectivity index (χ0) is 20.1. The maximum atomic E-state index is 11.9. The number of aliphatic hydroxyl groups excluding tert-OH is 3. The Balaban J connectivity index is 1.98. The number of aromatic hydroxyl groups is 2. The van der Waals surface area contributed by atoms with Crippen LogP contribution in [-0.4, -0.2) is 75.4 Å². The number of carbonyl (C=O) groups is 1. The fourth-order valence-corrected chi connectivity index (χ4v) is 2.32. The van der Waals surface area contributed by atoms with E-state index in [0.717, 1.165) is 12.1 Å². The van der Waals surface area contributed by atoms with E-state index in [0.29, 0.717) is 0 Å². The molecule has 0 aliphatic carbocycles. The summed E-state index contributed by atoms with van der Waals surface area (Å²) in [6.45, 7) is 1.41. The largest absolute Gasteiger partial charge is 0.504 e. The molecule has 1 heterocycles. The molecule has 1 aromatic rings.